The Morgan fingerprint density at radius 3 is 2.46 bits per heavy atom. The van der Waals surface area contributed by atoms with Crippen molar-refractivity contribution in [3.05, 3.63) is 0 Å². The van der Waals surface area contributed by atoms with Crippen LogP contribution in [-0.2, 0) is 9.47 Å². The first-order valence-electron chi connectivity index (χ1n) is 5.43. The Morgan fingerprint density at radius 1 is 1.31 bits per heavy atom. The normalized spacial score (nSPS) is 44.8. The predicted molar refractivity (Wildman–Crippen MR) is 51.7 cm³/mol. The minimum absolute atomic E-state index is 0.0725. The second-order valence-electron chi connectivity index (χ2n) is 4.93. The molecule has 2 nitrogen and oxygen atoms in total. The van der Waals surface area contributed by atoms with Crippen LogP contribution in [0.4, 0.5) is 0 Å². The van der Waals surface area contributed by atoms with E-state index in [-0.39, 0.29) is 5.60 Å². The number of hydrogen-bond donors (Lipinski definition) is 0. The van der Waals surface area contributed by atoms with E-state index in [2.05, 4.69) is 13.8 Å². The van der Waals surface area contributed by atoms with Crippen molar-refractivity contribution in [2.75, 3.05) is 13.2 Å². The first kappa shape index (κ1) is 9.47. The molecule has 0 radical (unpaired) electrons. The smallest absolute Gasteiger partial charge is 0.112 e. The zero-order valence-corrected chi connectivity index (χ0v) is 8.71. The fourth-order valence-electron chi connectivity index (χ4n) is 1.90. The van der Waals surface area contributed by atoms with Gasteiger partial charge in [-0.2, -0.15) is 0 Å². The minimum Gasteiger partial charge on any atom is -0.375 e. The van der Waals surface area contributed by atoms with Crippen molar-refractivity contribution < 1.29 is 9.47 Å². The highest BCUT2D eigenvalue weighted by molar-refractivity contribution is 4.87. The molecule has 1 aliphatic carbocycles. The van der Waals surface area contributed by atoms with Gasteiger partial charge in [0.1, 0.15) is 5.60 Å². The molecule has 0 bridgehead atoms. The molecule has 0 N–H and O–H groups in total. The van der Waals surface area contributed by atoms with Crippen LogP contribution in [0.15, 0.2) is 0 Å². The lowest BCUT2D eigenvalue weighted by Crippen LogP contribution is -2.25. The summed E-state index contributed by atoms with van der Waals surface area (Å²) in [6, 6.07) is 0. The molecule has 76 valence electrons. The summed E-state index contributed by atoms with van der Waals surface area (Å²) in [5.74, 6) is 0.910. The fourth-order valence-corrected chi connectivity index (χ4v) is 1.90. The van der Waals surface area contributed by atoms with Crippen molar-refractivity contribution in [2.24, 2.45) is 5.92 Å². The van der Waals surface area contributed by atoms with Crippen LogP contribution in [0.1, 0.15) is 39.5 Å². The molecule has 0 aromatic heterocycles. The van der Waals surface area contributed by atoms with Gasteiger partial charge >= 0.3 is 0 Å². The highest BCUT2D eigenvalue weighted by Gasteiger charge is 2.40. The topological polar surface area (TPSA) is 21.8 Å². The molecule has 2 aliphatic rings. The molecule has 0 amide bonds. The molecule has 0 aromatic carbocycles. The summed E-state index contributed by atoms with van der Waals surface area (Å²) in [7, 11) is 0. The van der Waals surface area contributed by atoms with Crippen LogP contribution in [-0.4, -0.2) is 24.9 Å². The van der Waals surface area contributed by atoms with Crippen LogP contribution in [0.3, 0.4) is 0 Å². The van der Waals surface area contributed by atoms with Crippen molar-refractivity contribution in [1.82, 2.24) is 0 Å². The Labute approximate surface area is 80.6 Å². The molecule has 1 saturated heterocycles. The van der Waals surface area contributed by atoms with Gasteiger partial charge < -0.3 is 9.47 Å². The molecule has 2 fully saturated rings. The van der Waals surface area contributed by atoms with Gasteiger partial charge in [0.05, 0.1) is 19.3 Å². The molecule has 1 aliphatic heterocycles. The SMILES string of the molecule is CC1CCC(OCC2(C)CO2)CC1. The quantitative estimate of drug-likeness (QED) is 0.628. The van der Waals surface area contributed by atoms with E-state index in [0.29, 0.717) is 6.10 Å². The molecular weight excluding hydrogens is 164 g/mol. The van der Waals surface area contributed by atoms with Crippen molar-refractivity contribution >= 4 is 0 Å². The van der Waals surface area contributed by atoms with Crippen LogP contribution in [0.25, 0.3) is 0 Å². The van der Waals surface area contributed by atoms with Crippen molar-refractivity contribution in [3.8, 4) is 0 Å². The Hall–Kier alpha value is -0.0800. The molecule has 13 heavy (non-hydrogen) atoms. The van der Waals surface area contributed by atoms with Gasteiger partial charge in [-0.25, -0.2) is 0 Å². The second-order valence-corrected chi connectivity index (χ2v) is 4.93. The minimum atomic E-state index is 0.0725. The van der Waals surface area contributed by atoms with Crippen LogP contribution in [0, 0.1) is 5.92 Å². The highest BCUT2D eigenvalue weighted by Crippen LogP contribution is 2.30. The van der Waals surface area contributed by atoms with Gasteiger partial charge in [-0.15, -0.1) is 0 Å². The number of ether oxygens (including phenoxy) is 2. The maximum absolute atomic E-state index is 5.83. The van der Waals surface area contributed by atoms with Crippen LogP contribution >= 0.6 is 0 Å². The average Bonchev–Trinajstić information content (AvgIpc) is 2.84. The van der Waals surface area contributed by atoms with Crippen LogP contribution in [0.5, 0.6) is 0 Å². The largest absolute Gasteiger partial charge is 0.375 e. The number of epoxide rings is 1. The zero-order valence-electron chi connectivity index (χ0n) is 8.71. The summed E-state index contributed by atoms with van der Waals surface area (Å²) >= 11 is 0. The molecule has 2 heteroatoms. The van der Waals surface area contributed by atoms with E-state index in [1.807, 2.05) is 0 Å². The molecule has 2 rings (SSSR count). The monoisotopic (exact) mass is 184 g/mol. The van der Waals surface area contributed by atoms with Gasteiger partial charge in [-0.05, 0) is 38.5 Å². The lowest BCUT2D eigenvalue weighted by molar-refractivity contribution is -0.00454. The van der Waals surface area contributed by atoms with E-state index >= 15 is 0 Å². The van der Waals surface area contributed by atoms with E-state index in [9.17, 15) is 0 Å². The lowest BCUT2D eigenvalue weighted by atomic mass is 9.89. The molecule has 0 spiro atoms. The standard InChI is InChI=1S/C11H20O2/c1-9-3-5-10(6-4-9)12-7-11(2)8-13-11/h9-10H,3-8H2,1-2H3. The summed E-state index contributed by atoms with van der Waals surface area (Å²) in [4.78, 5) is 0. The third-order valence-electron chi connectivity index (χ3n) is 3.22. The van der Waals surface area contributed by atoms with Gasteiger partial charge in [-0.1, -0.05) is 6.92 Å². The molecule has 1 atom stereocenters. The maximum Gasteiger partial charge on any atom is 0.112 e. The van der Waals surface area contributed by atoms with E-state index in [1.165, 1.54) is 25.7 Å². The third kappa shape index (κ3) is 2.68. The van der Waals surface area contributed by atoms with Gasteiger partial charge in [0, 0.05) is 0 Å². The van der Waals surface area contributed by atoms with Crippen LogP contribution < -0.4 is 0 Å². The summed E-state index contributed by atoms with van der Waals surface area (Å²) in [6.07, 6.45) is 5.68. The maximum atomic E-state index is 5.83. The van der Waals surface area contributed by atoms with E-state index in [0.717, 1.165) is 19.1 Å². The van der Waals surface area contributed by atoms with E-state index in [4.69, 9.17) is 9.47 Å². The molecule has 1 saturated carbocycles. The molecule has 0 aromatic rings. The summed E-state index contributed by atoms with van der Waals surface area (Å²) in [5, 5.41) is 0. The first-order valence-corrected chi connectivity index (χ1v) is 5.43. The van der Waals surface area contributed by atoms with Gasteiger partial charge in [0.25, 0.3) is 0 Å². The highest BCUT2D eigenvalue weighted by atomic mass is 16.6. The summed E-state index contributed by atoms with van der Waals surface area (Å²) in [5.41, 5.74) is 0.0725. The van der Waals surface area contributed by atoms with E-state index < -0.39 is 0 Å². The van der Waals surface area contributed by atoms with Crippen molar-refractivity contribution in [1.29, 1.82) is 0 Å². The average molecular weight is 184 g/mol. The Bertz CT molecular complexity index is 167. The Morgan fingerprint density at radius 2 is 1.92 bits per heavy atom. The number of hydrogen-bond acceptors (Lipinski definition) is 2. The summed E-state index contributed by atoms with van der Waals surface area (Å²) in [6.45, 7) is 6.14. The second kappa shape index (κ2) is 3.58. The van der Waals surface area contributed by atoms with Crippen molar-refractivity contribution in [3.63, 3.8) is 0 Å². The molecule has 1 unspecified atom stereocenters. The number of rotatable bonds is 3. The van der Waals surface area contributed by atoms with Crippen molar-refractivity contribution in [2.45, 2.75) is 51.2 Å². The van der Waals surface area contributed by atoms with Gasteiger partial charge in [0.2, 0.25) is 0 Å². The third-order valence-corrected chi connectivity index (χ3v) is 3.22. The molecular formula is C11H20O2. The Balaban J connectivity index is 1.65. The fraction of sp³-hybridized carbons (Fsp3) is 1.00. The first-order chi connectivity index (χ1) is 6.18. The van der Waals surface area contributed by atoms with Gasteiger partial charge in [0.15, 0.2) is 0 Å². The zero-order chi connectivity index (χ0) is 9.31. The summed E-state index contributed by atoms with van der Waals surface area (Å²) < 4.78 is 11.1. The van der Waals surface area contributed by atoms with Gasteiger partial charge in [-0.3, -0.25) is 0 Å². The van der Waals surface area contributed by atoms with Crippen LogP contribution in [0.2, 0.25) is 0 Å². The lowest BCUT2D eigenvalue weighted by Gasteiger charge is -2.26. The van der Waals surface area contributed by atoms with E-state index in [1.54, 1.807) is 0 Å². The predicted octanol–water partition coefficient (Wildman–Crippen LogP) is 2.37. The molecule has 1 heterocycles. The Kier molecular flexibility index (Phi) is 2.61.